The predicted octanol–water partition coefficient (Wildman–Crippen LogP) is 2.22. The molecule has 0 atom stereocenters. The van der Waals surface area contributed by atoms with E-state index in [0.29, 0.717) is 0 Å². The molecule has 1 aromatic carbocycles. The van der Waals surface area contributed by atoms with Gasteiger partial charge >= 0.3 is 0 Å². The van der Waals surface area contributed by atoms with Crippen molar-refractivity contribution in [2.24, 2.45) is 0 Å². The fourth-order valence-corrected chi connectivity index (χ4v) is 2.61. The summed E-state index contributed by atoms with van der Waals surface area (Å²) in [7, 11) is 2.08. The van der Waals surface area contributed by atoms with E-state index >= 15 is 0 Å². The molecule has 94 valence electrons. The Labute approximate surface area is 105 Å². The number of aryl methyl sites for hydroxylation is 1. The number of nitrogens with zero attached hydrogens (tertiary/aromatic N) is 1. The van der Waals surface area contributed by atoms with Gasteiger partial charge in [-0.15, -0.1) is 0 Å². The average molecular weight is 232 g/mol. The van der Waals surface area contributed by atoms with Gasteiger partial charge in [0.1, 0.15) is 0 Å². The van der Waals surface area contributed by atoms with Crippen molar-refractivity contribution in [2.45, 2.75) is 32.2 Å². The molecule has 1 fully saturated rings. The first-order valence-electron chi connectivity index (χ1n) is 6.73. The lowest BCUT2D eigenvalue weighted by atomic mass is 10.0. The molecule has 2 heteroatoms. The smallest absolute Gasteiger partial charge is 0.00884 e. The Kier molecular flexibility index (Phi) is 4.57. The highest BCUT2D eigenvalue weighted by atomic mass is 15.1. The first-order chi connectivity index (χ1) is 8.29. The lowest BCUT2D eigenvalue weighted by Gasteiger charge is -2.31. The molecule has 0 unspecified atom stereocenters. The van der Waals surface area contributed by atoms with Gasteiger partial charge in [0.05, 0.1) is 0 Å². The minimum Gasteiger partial charge on any atom is -0.317 e. The molecule has 1 saturated heterocycles. The van der Waals surface area contributed by atoms with Gasteiger partial charge in [0.2, 0.25) is 0 Å². The van der Waals surface area contributed by atoms with Gasteiger partial charge in [0.25, 0.3) is 0 Å². The molecular weight excluding hydrogens is 208 g/mol. The molecule has 0 spiro atoms. The Balaban J connectivity index is 1.78. The summed E-state index contributed by atoms with van der Waals surface area (Å²) >= 11 is 0. The summed E-state index contributed by atoms with van der Waals surface area (Å²) in [5.41, 5.74) is 2.93. The number of hydrogen-bond acceptors (Lipinski definition) is 2. The maximum absolute atomic E-state index is 3.38. The largest absolute Gasteiger partial charge is 0.317 e. The van der Waals surface area contributed by atoms with E-state index in [0.717, 1.165) is 6.04 Å². The van der Waals surface area contributed by atoms with E-state index in [2.05, 4.69) is 48.5 Å². The van der Waals surface area contributed by atoms with Crippen LogP contribution in [0.1, 0.15) is 24.0 Å². The topological polar surface area (TPSA) is 15.3 Å². The molecule has 0 amide bonds. The maximum Gasteiger partial charge on any atom is 0.00884 e. The van der Waals surface area contributed by atoms with Gasteiger partial charge < -0.3 is 10.2 Å². The molecule has 1 aliphatic heterocycles. The number of rotatable bonds is 4. The SMILES string of the molecule is CNC1CCN(CCc2ccccc2C)CC1. The lowest BCUT2D eigenvalue weighted by Crippen LogP contribution is -2.41. The minimum atomic E-state index is 0.740. The number of likely N-dealkylation sites (tertiary alicyclic amines) is 1. The van der Waals surface area contributed by atoms with Crippen LogP contribution in [0.4, 0.5) is 0 Å². The van der Waals surface area contributed by atoms with Gasteiger partial charge in [-0.3, -0.25) is 0 Å². The summed E-state index contributed by atoms with van der Waals surface area (Å²) in [5, 5.41) is 3.38. The van der Waals surface area contributed by atoms with Crippen LogP contribution in [0.3, 0.4) is 0 Å². The highest BCUT2D eigenvalue weighted by molar-refractivity contribution is 5.25. The van der Waals surface area contributed by atoms with Gasteiger partial charge in [0.15, 0.2) is 0 Å². The molecule has 0 saturated carbocycles. The van der Waals surface area contributed by atoms with Crippen molar-refractivity contribution in [3.63, 3.8) is 0 Å². The molecule has 0 aromatic heterocycles. The van der Waals surface area contributed by atoms with Gasteiger partial charge in [-0.2, -0.15) is 0 Å². The zero-order valence-corrected chi connectivity index (χ0v) is 11.1. The van der Waals surface area contributed by atoms with Crippen molar-refractivity contribution in [2.75, 3.05) is 26.7 Å². The van der Waals surface area contributed by atoms with Gasteiger partial charge in [-0.1, -0.05) is 24.3 Å². The van der Waals surface area contributed by atoms with E-state index in [4.69, 9.17) is 0 Å². The average Bonchev–Trinajstić information content (AvgIpc) is 2.38. The van der Waals surface area contributed by atoms with Crippen molar-refractivity contribution in [1.82, 2.24) is 10.2 Å². The van der Waals surface area contributed by atoms with Crippen LogP contribution in [0.15, 0.2) is 24.3 Å². The summed E-state index contributed by atoms with van der Waals surface area (Å²) < 4.78 is 0. The number of benzene rings is 1. The molecule has 17 heavy (non-hydrogen) atoms. The summed E-state index contributed by atoms with van der Waals surface area (Å²) in [4.78, 5) is 2.60. The molecule has 2 rings (SSSR count). The third-order valence-electron chi connectivity index (χ3n) is 3.95. The lowest BCUT2D eigenvalue weighted by molar-refractivity contribution is 0.204. The van der Waals surface area contributed by atoms with E-state index in [1.165, 1.54) is 50.0 Å². The molecule has 1 N–H and O–H groups in total. The summed E-state index contributed by atoms with van der Waals surface area (Å²) in [6.07, 6.45) is 3.78. The standard InChI is InChI=1S/C15H24N2/c1-13-5-3-4-6-14(13)7-10-17-11-8-15(16-2)9-12-17/h3-6,15-16H,7-12H2,1-2H3. The van der Waals surface area contributed by atoms with Crippen LogP contribution >= 0.6 is 0 Å². The predicted molar refractivity (Wildman–Crippen MR) is 73.4 cm³/mol. The van der Waals surface area contributed by atoms with Crippen molar-refractivity contribution in [3.8, 4) is 0 Å². The molecule has 1 aromatic rings. The van der Waals surface area contributed by atoms with Crippen molar-refractivity contribution in [3.05, 3.63) is 35.4 Å². The molecule has 1 aliphatic rings. The highest BCUT2D eigenvalue weighted by Gasteiger charge is 2.17. The molecule has 1 heterocycles. The number of hydrogen-bond donors (Lipinski definition) is 1. The zero-order chi connectivity index (χ0) is 12.1. The number of piperidine rings is 1. The van der Waals surface area contributed by atoms with Crippen LogP contribution in [0.25, 0.3) is 0 Å². The van der Waals surface area contributed by atoms with Gasteiger partial charge in [0, 0.05) is 12.6 Å². The monoisotopic (exact) mass is 232 g/mol. The van der Waals surface area contributed by atoms with Crippen LogP contribution in [-0.2, 0) is 6.42 Å². The number of nitrogens with one attached hydrogen (secondary N) is 1. The Morgan fingerprint density at radius 2 is 1.94 bits per heavy atom. The summed E-state index contributed by atoms with van der Waals surface area (Å²) in [6.45, 7) is 5.92. The fraction of sp³-hybridized carbons (Fsp3) is 0.600. The second kappa shape index (κ2) is 6.18. The zero-order valence-electron chi connectivity index (χ0n) is 11.1. The molecule has 0 bridgehead atoms. The van der Waals surface area contributed by atoms with Crippen molar-refractivity contribution >= 4 is 0 Å². The van der Waals surface area contributed by atoms with Gasteiger partial charge in [-0.25, -0.2) is 0 Å². The molecule has 0 radical (unpaired) electrons. The van der Waals surface area contributed by atoms with Crippen LogP contribution < -0.4 is 5.32 Å². The second-order valence-electron chi connectivity index (χ2n) is 5.08. The Morgan fingerprint density at radius 1 is 1.24 bits per heavy atom. The van der Waals surface area contributed by atoms with Crippen molar-refractivity contribution < 1.29 is 0 Å². The fourth-order valence-electron chi connectivity index (χ4n) is 2.61. The quantitative estimate of drug-likeness (QED) is 0.856. The van der Waals surface area contributed by atoms with Crippen molar-refractivity contribution in [1.29, 1.82) is 0 Å². The van der Waals surface area contributed by atoms with E-state index in [9.17, 15) is 0 Å². The molecule has 2 nitrogen and oxygen atoms in total. The van der Waals surface area contributed by atoms with Crippen LogP contribution in [0.2, 0.25) is 0 Å². The van der Waals surface area contributed by atoms with E-state index in [-0.39, 0.29) is 0 Å². The van der Waals surface area contributed by atoms with E-state index in [1.54, 1.807) is 0 Å². The van der Waals surface area contributed by atoms with Gasteiger partial charge in [-0.05, 0) is 57.5 Å². The first kappa shape index (κ1) is 12.6. The first-order valence-corrected chi connectivity index (χ1v) is 6.73. The maximum atomic E-state index is 3.38. The van der Waals surface area contributed by atoms with E-state index < -0.39 is 0 Å². The molecule has 0 aliphatic carbocycles. The Bertz CT molecular complexity index is 341. The molecular formula is C15H24N2. The van der Waals surface area contributed by atoms with Crippen LogP contribution in [0.5, 0.6) is 0 Å². The second-order valence-corrected chi connectivity index (χ2v) is 5.08. The Morgan fingerprint density at radius 3 is 2.59 bits per heavy atom. The van der Waals surface area contributed by atoms with Crippen LogP contribution in [0, 0.1) is 6.92 Å². The normalized spacial score (nSPS) is 18.5. The Hall–Kier alpha value is -0.860. The summed E-state index contributed by atoms with van der Waals surface area (Å²) in [6, 6.07) is 9.48. The third kappa shape index (κ3) is 3.55. The minimum absolute atomic E-state index is 0.740. The van der Waals surface area contributed by atoms with E-state index in [1.807, 2.05) is 0 Å². The van der Waals surface area contributed by atoms with Crippen LogP contribution in [-0.4, -0.2) is 37.6 Å². The summed E-state index contributed by atoms with van der Waals surface area (Å²) in [5.74, 6) is 0. The highest BCUT2D eigenvalue weighted by Crippen LogP contribution is 2.12. The third-order valence-corrected chi connectivity index (χ3v) is 3.95.